The van der Waals surface area contributed by atoms with Gasteiger partial charge in [-0.05, 0) is 34.8 Å². The highest BCUT2D eigenvalue weighted by Crippen LogP contribution is 2.36. The SMILES string of the molecule is CC(C)c1cccc(C(C)C)c1N1CC[NH+](c2c(C(C)C)cccc2C(C)C)C1.[Cl-]. The van der Waals surface area contributed by atoms with Crippen molar-refractivity contribution in [1.82, 2.24) is 0 Å². The lowest BCUT2D eigenvalue weighted by atomic mass is 9.92. The Morgan fingerprint density at radius 3 is 1.47 bits per heavy atom. The standard InChI is InChI=1S/C27H40N2.ClH/c1-18(2)22-11-9-12-23(19(3)4)26(22)28-15-16-29(17-28)27-24(20(5)6)13-10-14-25(27)21(7)8;/h9-14,18-21H,15-17H2,1-8H3;1H. The predicted octanol–water partition coefficient (Wildman–Crippen LogP) is 3.18. The van der Waals surface area contributed by atoms with E-state index in [-0.39, 0.29) is 12.4 Å². The monoisotopic (exact) mass is 428 g/mol. The molecule has 1 fully saturated rings. The Balaban J connectivity index is 0.00000320. The molecule has 0 aromatic heterocycles. The average Bonchev–Trinajstić information content (AvgIpc) is 3.15. The summed E-state index contributed by atoms with van der Waals surface area (Å²) in [5.41, 5.74) is 9.11. The molecular formula is C27H41ClN2. The lowest BCUT2D eigenvalue weighted by molar-refractivity contribution is -0.817. The van der Waals surface area contributed by atoms with Crippen LogP contribution in [0.2, 0.25) is 0 Å². The van der Waals surface area contributed by atoms with Gasteiger partial charge in [0.25, 0.3) is 0 Å². The molecule has 0 saturated carbocycles. The molecule has 1 saturated heterocycles. The predicted molar refractivity (Wildman–Crippen MR) is 127 cm³/mol. The van der Waals surface area contributed by atoms with Gasteiger partial charge >= 0.3 is 0 Å². The van der Waals surface area contributed by atoms with E-state index in [1.165, 1.54) is 34.5 Å². The molecule has 1 aliphatic heterocycles. The van der Waals surface area contributed by atoms with E-state index in [1.807, 2.05) is 0 Å². The quantitative estimate of drug-likeness (QED) is 0.742. The summed E-state index contributed by atoms with van der Waals surface area (Å²) in [5.74, 6) is 2.20. The van der Waals surface area contributed by atoms with Crippen LogP contribution >= 0.6 is 0 Å². The third kappa shape index (κ3) is 4.86. The smallest absolute Gasteiger partial charge is 0.157 e. The van der Waals surface area contributed by atoms with Gasteiger partial charge in [0, 0.05) is 16.8 Å². The largest absolute Gasteiger partial charge is 1.00 e. The summed E-state index contributed by atoms with van der Waals surface area (Å²) in [6.45, 7) is 22.0. The highest BCUT2D eigenvalue weighted by atomic mass is 35.5. The molecule has 1 unspecified atom stereocenters. The zero-order valence-electron chi connectivity index (χ0n) is 20.2. The zero-order chi connectivity index (χ0) is 21.3. The molecule has 3 rings (SSSR count). The van der Waals surface area contributed by atoms with Crippen molar-refractivity contribution in [2.24, 2.45) is 0 Å². The van der Waals surface area contributed by atoms with Crippen LogP contribution in [0.5, 0.6) is 0 Å². The summed E-state index contributed by atoms with van der Waals surface area (Å²) in [5, 5.41) is 0. The number of hydrogen-bond acceptors (Lipinski definition) is 1. The van der Waals surface area contributed by atoms with Gasteiger partial charge in [0.15, 0.2) is 6.67 Å². The fourth-order valence-electron chi connectivity index (χ4n) is 4.89. The van der Waals surface area contributed by atoms with Gasteiger partial charge in [0.1, 0.15) is 12.2 Å². The number of hydrogen-bond donors (Lipinski definition) is 1. The summed E-state index contributed by atoms with van der Waals surface area (Å²) >= 11 is 0. The summed E-state index contributed by atoms with van der Waals surface area (Å²) < 4.78 is 0. The maximum absolute atomic E-state index is 2.67. The van der Waals surface area contributed by atoms with Crippen LogP contribution in [0.4, 0.5) is 11.4 Å². The molecule has 2 nitrogen and oxygen atoms in total. The lowest BCUT2D eigenvalue weighted by Crippen LogP contribution is -3.06. The number of rotatable bonds is 6. The number of anilines is 1. The molecule has 0 bridgehead atoms. The molecule has 2 aromatic carbocycles. The minimum atomic E-state index is 0. The topological polar surface area (TPSA) is 7.68 Å². The van der Waals surface area contributed by atoms with Crippen molar-refractivity contribution in [2.75, 3.05) is 24.7 Å². The van der Waals surface area contributed by atoms with Gasteiger partial charge in [-0.15, -0.1) is 0 Å². The first-order valence-corrected chi connectivity index (χ1v) is 11.6. The van der Waals surface area contributed by atoms with E-state index < -0.39 is 0 Å². The maximum Gasteiger partial charge on any atom is 0.157 e. The fourth-order valence-corrected chi connectivity index (χ4v) is 4.89. The summed E-state index contributed by atoms with van der Waals surface area (Å²) in [6, 6.07) is 13.9. The molecule has 1 N–H and O–H groups in total. The van der Waals surface area contributed by atoms with Crippen molar-refractivity contribution in [2.45, 2.75) is 79.1 Å². The average molecular weight is 429 g/mol. The van der Waals surface area contributed by atoms with Crippen LogP contribution in [0.3, 0.4) is 0 Å². The second-order valence-corrected chi connectivity index (χ2v) is 9.99. The fraction of sp³-hybridized carbons (Fsp3) is 0.556. The molecule has 1 atom stereocenters. The van der Waals surface area contributed by atoms with E-state index in [9.17, 15) is 0 Å². The maximum atomic E-state index is 2.67. The van der Waals surface area contributed by atoms with Crippen molar-refractivity contribution in [3.05, 3.63) is 58.7 Å². The van der Waals surface area contributed by atoms with Crippen molar-refractivity contribution in [3.8, 4) is 0 Å². The second-order valence-electron chi connectivity index (χ2n) is 9.99. The number of halogens is 1. The Hall–Kier alpha value is -1.51. The number of quaternary nitrogens is 1. The summed E-state index contributed by atoms with van der Waals surface area (Å²) in [6.07, 6.45) is 0. The molecule has 2 aromatic rings. The third-order valence-corrected chi connectivity index (χ3v) is 6.45. The minimum Gasteiger partial charge on any atom is -1.00 e. The number of nitrogens with zero attached hydrogens (tertiary/aromatic N) is 1. The number of benzene rings is 2. The molecule has 1 heterocycles. The molecule has 0 radical (unpaired) electrons. The minimum absolute atomic E-state index is 0. The van der Waals surface area contributed by atoms with E-state index in [0.29, 0.717) is 23.7 Å². The van der Waals surface area contributed by atoms with E-state index in [1.54, 1.807) is 10.6 Å². The molecule has 0 spiro atoms. The first-order valence-electron chi connectivity index (χ1n) is 11.6. The van der Waals surface area contributed by atoms with Crippen LogP contribution in [0, 0.1) is 0 Å². The zero-order valence-corrected chi connectivity index (χ0v) is 21.0. The highest BCUT2D eigenvalue weighted by Gasteiger charge is 2.33. The van der Waals surface area contributed by atoms with E-state index in [0.717, 1.165) is 13.2 Å². The normalized spacial score (nSPS) is 16.8. The molecule has 0 aliphatic carbocycles. The molecular weight excluding hydrogens is 388 g/mol. The van der Waals surface area contributed by atoms with E-state index >= 15 is 0 Å². The van der Waals surface area contributed by atoms with Crippen molar-refractivity contribution < 1.29 is 17.3 Å². The van der Waals surface area contributed by atoms with Gasteiger partial charge in [-0.3, -0.25) is 4.90 Å². The van der Waals surface area contributed by atoms with Gasteiger partial charge in [0.2, 0.25) is 0 Å². The van der Waals surface area contributed by atoms with Gasteiger partial charge in [-0.1, -0.05) is 91.8 Å². The van der Waals surface area contributed by atoms with Gasteiger partial charge < -0.3 is 17.3 Å². The van der Waals surface area contributed by atoms with Crippen LogP contribution in [-0.4, -0.2) is 19.8 Å². The third-order valence-electron chi connectivity index (χ3n) is 6.45. The molecule has 0 amide bonds. The van der Waals surface area contributed by atoms with Crippen LogP contribution < -0.4 is 22.2 Å². The molecule has 3 heteroatoms. The van der Waals surface area contributed by atoms with E-state index in [4.69, 9.17) is 0 Å². The Labute approximate surface area is 191 Å². The Morgan fingerprint density at radius 1 is 0.667 bits per heavy atom. The van der Waals surface area contributed by atoms with Crippen molar-refractivity contribution in [1.29, 1.82) is 0 Å². The number of para-hydroxylation sites is 2. The lowest BCUT2D eigenvalue weighted by Gasteiger charge is -2.28. The Kier molecular flexibility index (Phi) is 8.42. The van der Waals surface area contributed by atoms with Crippen LogP contribution in [0.15, 0.2) is 36.4 Å². The molecule has 30 heavy (non-hydrogen) atoms. The van der Waals surface area contributed by atoms with Crippen LogP contribution in [-0.2, 0) is 0 Å². The van der Waals surface area contributed by atoms with Gasteiger partial charge in [-0.25, -0.2) is 0 Å². The van der Waals surface area contributed by atoms with Crippen molar-refractivity contribution in [3.63, 3.8) is 0 Å². The van der Waals surface area contributed by atoms with Gasteiger partial charge in [-0.2, -0.15) is 0 Å². The van der Waals surface area contributed by atoms with Gasteiger partial charge in [0.05, 0.1) is 6.54 Å². The molecule has 1 aliphatic rings. The van der Waals surface area contributed by atoms with Crippen molar-refractivity contribution >= 4 is 11.4 Å². The first-order chi connectivity index (χ1) is 13.7. The Bertz CT molecular complexity index is 717. The first kappa shape index (κ1) is 24.8. The second kappa shape index (κ2) is 10.2. The summed E-state index contributed by atoms with van der Waals surface area (Å²) in [4.78, 5) is 4.30. The Morgan fingerprint density at radius 2 is 1.07 bits per heavy atom. The van der Waals surface area contributed by atoms with Crippen LogP contribution in [0.25, 0.3) is 0 Å². The van der Waals surface area contributed by atoms with Crippen LogP contribution in [0.1, 0.15) is 101 Å². The number of nitrogens with one attached hydrogen (secondary N) is 1. The highest BCUT2D eigenvalue weighted by molar-refractivity contribution is 5.62. The van der Waals surface area contributed by atoms with E-state index in [2.05, 4.69) is 96.7 Å². The summed E-state index contributed by atoms with van der Waals surface area (Å²) in [7, 11) is 0. The molecule has 166 valence electrons.